The van der Waals surface area contributed by atoms with Crippen molar-refractivity contribution in [2.75, 3.05) is 18.8 Å². The molecule has 0 spiro atoms. The van der Waals surface area contributed by atoms with Crippen LogP contribution in [0.15, 0.2) is 40.2 Å². The summed E-state index contributed by atoms with van der Waals surface area (Å²) in [5.74, 6) is 0.658. The van der Waals surface area contributed by atoms with Crippen molar-refractivity contribution in [1.29, 1.82) is 0 Å². The molecule has 0 unspecified atom stereocenters. The number of carbonyl (C=O) groups excluding carboxylic acids is 1. The molecule has 4 rings (SSSR count). The fourth-order valence-electron chi connectivity index (χ4n) is 2.80. The Bertz CT molecular complexity index is 751. The number of carbonyl (C=O) groups is 1. The Morgan fingerprint density at radius 2 is 1.88 bits per heavy atom. The minimum absolute atomic E-state index is 0.212. The van der Waals surface area contributed by atoms with Gasteiger partial charge in [0.05, 0.1) is 21.2 Å². The van der Waals surface area contributed by atoms with Gasteiger partial charge in [0.25, 0.3) is 0 Å². The van der Waals surface area contributed by atoms with Crippen molar-refractivity contribution in [3.8, 4) is 21.1 Å². The second-order valence-corrected chi connectivity index (χ2v) is 8.46. The van der Waals surface area contributed by atoms with E-state index in [9.17, 15) is 4.79 Å². The maximum absolute atomic E-state index is 12.2. The van der Waals surface area contributed by atoms with E-state index < -0.39 is 0 Å². The molecule has 124 valence electrons. The summed E-state index contributed by atoms with van der Waals surface area (Å²) in [5, 5.41) is 4.94. The molecule has 1 N–H and O–H groups in total. The second-order valence-electron chi connectivity index (χ2n) is 5.60. The molecule has 3 aromatic rings. The molecule has 0 radical (unpaired) electrons. The minimum Gasteiger partial charge on any atom is -0.342 e. The average molecular weight is 376 g/mol. The van der Waals surface area contributed by atoms with Gasteiger partial charge >= 0.3 is 0 Å². The van der Waals surface area contributed by atoms with Gasteiger partial charge in [0.15, 0.2) is 5.16 Å². The molecule has 1 aliphatic heterocycles. The van der Waals surface area contributed by atoms with Crippen LogP contribution in [-0.4, -0.2) is 39.6 Å². The molecule has 0 atom stereocenters. The first-order chi connectivity index (χ1) is 11.8. The molecule has 3 aromatic heterocycles. The predicted molar refractivity (Wildman–Crippen MR) is 102 cm³/mol. The van der Waals surface area contributed by atoms with Crippen molar-refractivity contribution in [3.63, 3.8) is 0 Å². The molecule has 0 saturated carbocycles. The van der Waals surface area contributed by atoms with Crippen molar-refractivity contribution in [2.45, 2.75) is 18.0 Å². The number of thioether (sulfide) groups is 1. The summed E-state index contributed by atoms with van der Waals surface area (Å²) in [4.78, 5) is 24.7. The van der Waals surface area contributed by atoms with Crippen molar-refractivity contribution in [2.24, 2.45) is 0 Å². The topological polar surface area (TPSA) is 49.0 Å². The third-order valence-electron chi connectivity index (χ3n) is 4.00. The van der Waals surface area contributed by atoms with E-state index in [1.165, 1.54) is 16.6 Å². The number of imidazole rings is 1. The number of nitrogens with zero attached hydrogens (tertiary/aromatic N) is 2. The molecule has 1 fully saturated rings. The molecule has 0 aromatic carbocycles. The first-order valence-electron chi connectivity index (χ1n) is 7.89. The lowest BCUT2D eigenvalue weighted by Gasteiger charge is -2.13. The second kappa shape index (κ2) is 7.13. The van der Waals surface area contributed by atoms with Crippen LogP contribution in [0.2, 0.25) is 0 Å². The van der Waals surface area contributed by atoms with Gasteiger partial charge in [-0.2, -0.15) is 0 Å². The molecule has 1 amide bonds. The Balaban J connectivity index is 1.55. The van der Waals surface area contributed by atoms with Crippen LogP contribution in [0.4, 0.5) is 0 Å². The molecule has 0 bridgehead atoms. The zero-order valence-corrected chi connectivity index (χ0v) is 15.5. The van der Waals surface area contributed by atoms with Crippen LogP contribution in [-0.2, 0) is 4.79 Å². The first kappa shape index (κ1) is 15.9. The van der Waals surface area contributed by atoms with Gasteiger partial charge in [0.2, 0.25) is 5.91 Å². The molecule has 1 aliphatic rings. The summed E-state index contributed by atoms with van der Waals surface area (Å²) in [6.45, 7) is 1.80. The average Bonchev–Trinajstić information content (AvgIpc) is 3.40. The molecule has 0 aliphatic carbocycles. The van der Waals surface area contributed by atoms with E-state index in [-0.39, 0.29) is 5.91 Å². The number of nitrogens with one attached hydrogen (secondary N) is 1. The Kier molecular flexibility index (Phi) is 4.73. The third kappa shape index (κ3) is 3.29. The molecule has 1 saturated heterocycles. The zero-order chi connectivity index (χ0) is 16.4. The highest BCUT2D eigenvalue weighted by molar-refractivity contribution is 7.99. The van der Waals surface area contributed by atoms with Crippen LogP contribution in [0.25, 0.3) is 21.1 Å². The number of H-pyrrole nitrogens is 1. The van der Waals surface area contributed by atoms with Gasteiger partial charge in [-0.05, 0) is 35.7 Å². The molecule has 7 heteroatoms. The van der Waals surface area contributed by atoms with E-state index in [0.29, 0.717) is 5.75 Å². The Labute approximate surface area is 152 Å². The summed E-state index contributed by atoms with van der Waals surface area (Å²) < 4.78 is 0. The quantitative estimate of drug-likeness (QED) is 0.664. The number of amides is 1. The van der Waals surface area contributed by atoms with Gasteiger partial charge in [-0.3, -0.25) is 4.79 Å². The maximum Gasteiger partial charge on any atom is 0.233 e. The lowest BCUT2D eigenvalue weighted by atomic mass is 10.2. The smallest absolute Gasteiger partial charge is 0.233 e. The summed E-state index contributed by atoms with van der Waals surface area (Å²) in [6.07, 6.45) is 2.25. The van der Waals surface area contributed by atoms with Crippen LogP contribution in [0.5, 0.6) is 0 Å². The number of rotatable bonds is 5. The molecule has 4 heterocycles. The number of thiophene rings is 2. The number of aromatic nitrogens is 2. The summed E-state index contributed by atoms with van der Waals surface area (Å²) in [7, 11) is 0. The van der Waals surface area contributed by atoms with Crippen molar-refractivity contribution >= 4 is 40.3 Å². The van der Waals surface area contributed by atoms with E-state index >= 15 is 0 Å². The first-order valence-corrected chi connectivity index (χ1v) is 10.6. The summed E-state index contributed by atoms with van der Waals surface area (Å²) >= 11 is 4.87. The summed E-state index contributed by atoms with van der Waals surface area (Å²) in [6, 6.07) is 8.26. The fourth-order valence-corrected chi connectivity index (χ4v) is 5.02. The highest BCUT2D eigenvalue weighted by Gasteiger charge is 2.20. The fraction of sp³-hybridized carbons (Fsp3) is 0.294. The van der Waals surface area contributed by atoms with Gasteiger partial charge in [0, 0.05) is 13.1 Å². The van der Waals surface area contributed by atoms with E-state index in [4.69, 9.17) is 4.98 Å². The Morgan fingerprint density at radius 3 is 2.54 bits per heavy atom. The Morgan fingerprint density at radius 1 is 1.17 bits per heavy atom. The molecular formula is C17H17N3OS3. The number of hydrogen-bond donors (Lipinski definition) is 1. The van der Waals surface area contributed by atoms with Gasteiger partial charge in [0.1, 0.15) is 5.69 Å². The monoisotopic (exact) mass is 375 g/mol. The molecule has 4 nitrogen and oxygen atoms in total. The van der Waals surface area contributed by atoms with Gasteiger partial charge in [-0.1, -0.05) is 23.9 Å². The largest absolute Gasteiger partial charge is 0.342 e. The zero-order valence-electron chi connectivity index (χ0n) is 13.0. The SMILES string of the molecule is O=C(CSc1nc(-c2cccs2)c(-c2cccs2)[nH]1)N1CCCC1. The van der Waals surface area contributed by atoms with Crippen molar-refractivity contribution < 1.29 is 4.79 Å². The highest BCUT2D eigenvalue weighted by atomic mass is 32.2. The standard InChI is InChI=1S/C17H17N3OS3/c21-14(20-7-1-2-8-20)11-24-17-18-15(12-5-3-9-22-12)16(19-17)13-6-4-10-23-13/h3-6,9-10H,1-2,7-8,11H2,(H,18,19). The summed E-state index contributed by atoms with van der Waals surface area (Å²) in [5.41, 5.74) is 2.02. The van der Waals surface area contributed by atoms with Crippen molar-refractivity contribution in [1.82, 2.24) is 14.9 Å². The predicted octanol–water partition coefficient (Wildman–Crippen LogP) is 4.58. The highest BCUT2D eigenvalue weighted by Crippen LogP contribution is 2.36. The van der Waals surface area contributed by atoms with Gasteiger partial charge in [-0.25, -0.2) is 4.98 Å². The lowest BCUT2D eigenvalue weighted by molar-refractivity contribution is -0.127. The number of aromatic amines is 1. The lowest BCUT2D eigenvalue weighted by Crippen LogP contribution is -2.29. The van der Waals surface area contributed by atoms with Crippen LogP contribution < -0.4 is 0 Å². The molecular weight excluding hydrogens is 358 g/mol. The third-order valence-corrected chi connectivity index (χ3v) is 6.62. The van der Waals surface area contributed by atoms with E-state index in [2.05, 4.69) is 27.9 Å². The number of likely N-dealkylation sites (tertiary alicyclic amines) is 1. The van der Waals surface area contributed by atoms with E-state index in [1.807, 2.05) is 17.0 Å². The van der Waals surface area contributed by atoms with Gasteiger partial charge in [-0.15, -0.1) is 22.7 Å². The van der Waals surface area contributed by atoms with Crippen LogP contribution in [0.3, 0.4) is 0 Å². The minimum atomic E-state index is 0.212. The normalized spacial score (nSPS) is 14.4. The van der Waals surface area contributed by atoms with Crippen molar-refractivity contribution in [3.05, 3.63) is 35.0 Å². The maximum atomic E-state index is 12.2. The number of hydrogen-bond acceptors (Lipinski definition) is 5. The van der Waals surface area contributed by atoms with E-state index in [1.54, 1.807) is 22.7 Å². The van der Waals surface area contributed by atoms with Crippen LogP contribution >= 0.6 is 34.4 Å². The van der Waals surface area contributed by atoms with Crippen LogP contribution in [0, 0.1) is 0 Å². The molecule has 24 heavy (non-hydrogen) atoms. The van der Waals surface area contributed by atoms with E-state index in [0.717, 1.165) is 47.4 Å². The van der Waals surface area contributed by atoms with Crippen LogP contribution in [0.1, 0.15) is 12.8 Å². The Hall–Kier alpha value is -1.57. The van der Waals surface area contributed by atoms with Gasteiger partial charge < -0.3 is 9.88 Å².